The molecule has 0 radical (unpaired) electrons. The lowest BCUT2D eigenvalue weighted by atomic mass is 10.2. The van der Waals surface area contributed by atoms with Crippen molar-refractivity contribution in [1.29, 1.82) is 0 Å². The Balaban J connectivity index is 1.62. The summed E-state index contributed by atoms with van der Waals surface area (Å²) in [5.74, 6) is -0.0132. The predicted octanol–water partition coefficient (Wildman–Crippen LogP) is 4.56. The summed E-state index contributed by atoms with van der Waals surface area (Å²) < 4.78 is 4.94. The maximum absolute atomic E-state index is 12.4. The zero-order chi connectivity index (χ0) is 19.9. The average molecular weight is 375 g/mol. The van der Waals surface area contributed by atoms with Crippen LogP contribution in [-0.2, 0) is 4.74 Å². The lowest BCUT2D eigenvalue weighted by Crippen LogP contribution is -2.12. The van der Waals surface area contributed by atoms with Gasteiger partial charge in [0.2, 0.25) is 0 Å². The van der Waals surface area contributed by atoms with Crippen molar-refractivity contribution in [2.24, 2.45) is 0 Å². The number of aromatic nitrogens is 1. The maximum Gasteiger partial charge on any atom is 0.338 e. The number of nitrogens with zero attached hydrogens (tertiary/aromatic N) is 1. The van der Waals surface area contributed by atoms with Crippen LogP contribution >= 0.6 is 0 Å². The minimum absolute atomic E-state index is 0.279. The van der Waals surface area contributed by atoms with Crippen LogP contribution in [-0.4, -0.2) is 23.5 Å². The highest BCUT2D eigenvalue weighted by Gasteiger charge is 2.09. The smallest absolute Gasteiger partial charge is 0.338 e. The molecule has 3 rings (SSSR count). The van der Waals surface area contributed by atoms with Crippen LogP contribution in [0.5, 0.6) is 0 Å². The standard InChI is InChI=1S/C22H21N3O3/c1-3-28-22(27)16-7-10-18(11-8-16)25-21(26)17-9-12-20(23-14-17)24-19-6-4-5-15(2)13-19/h4-14H,3H2,1-2H3,(H,23,24)(H,25,26). The first-order valence-electron chi connectivity index (χ1n) is 8.93. The molecule has 28 heavy (non-hydrogen) atoms. The van der Waals surface area contributed by atoms with Gasteiger partial charge in [-0.25, -0.2) is 9.78 Å². The minimum Gasteiger partial charge on any atom is -0.462 e. The predicted molar refractivity (Wildman–Crippen MR) is 109 cm³/mol. The van der Waals surface area contributed by atoms with Crippen LogP contribution < -0.4 is 10.6 Å². The lowest BCUT2D eigenvalue weighted by molar-refractivity contribution is 0.0526. The van der Waals surface area contributed by atoms with Crippen molar-refractivity contribution in [1.82, 2.24) is 4.98 Å². The second-order valence-corrected chi connectivity index (χ2v) is 6.18. The van der Waals surface area contributed by atoms with Crippen LogP contribution in [0.2, 0.25) is 0 Å². The van der Waals surface area contributed by atoms with E-state index >= 15 is 0 Å². The normalized spacial score (nSPS) is 10.2. The molecular formula is C22H21N3O3. The van der Waals surface area contributed by atoms with Crippen LogP contribution in [0.25, 0.3) is 0 Å². The van der Waals surface area contributed by atoms with E-state index in [-0.39, 0.29) is 11.9 Å². The lowest BCUT2D eigenvalue weighted by Gasteiger charge is -2.08. The third-order valence-corrected chi connectivity index (χ3v) is 3.97. The number of benzene rings is 2. The molecular weight excluding hydrogens is 354 g/mol. The Hall–Kier alpha value is -3.67. The van der Waals surface area contributed by atoms with Gasteiger partial charge in [-0.1, -0.05) is 12.1 Å². The zero-order valence-electron chi connectivity index (χ0n) is 15.7. The van der Waals surface area contributed by atoms with Crippen LogP contribution in [0.15, 0.2) is 66.9 Å². The monoisotopic (exact) mass is 375 g/mol. The van der Waals surface area contributed by atoms with Gasteiger partial charge in [-0.2, -0.15) is 0 Å². The highest BCUT2D eigenvalue weighted by Crippen LogP contribution is 2.17. The largest absolute Gasteiger partial charge is 0.462 e. The molecule has 0 saturated heterocycles. The van der Waals surface area contributed by atoms with E-state index in [1.54, 1.807) is 43.3 Å². The van der Waals surface area contributed by atoms with Gasteiger partial charge in [0.05, 0.1) is 17.7 Å². The summed E-state index contributed by atoms with van der Waals surface area (Å²) >= 11 is 0. The van der Waals surface area contributed by atoms with E-state index in [2.05, 4.69) is 15.6 Å². The van der Waals surface area contributed by atoms with Crippen LogP contribution in [0, 0.1) is 6.92 Å². The summed E-state index contributed by atoms with van der Waals surface area (Å²) in [6, 6.07) is 17.9. The third-order valence-electron chi connectivity index (χ3n) is 3.97. The number of amides is 1. The number of esters is 1. The van der Waals surface area contributed by atoms with Crippen LogP contribution in [0.1, 0.15) is 33.2 Å². The summed E-state index contributed by atoms with van der Waals surface area (Å²) in [7, 11) is 0. The Morgan fingerprint density at radius 2 is 1.71 bits per heavy atom. The van der Waals surface area contributed by atoms with E-state index in [0.29, 0.717) is 29.2 Å². The molecule has 0 spiro atoms. The Morgan fingerprint density at radius 1 is 0.964 bits per heavy atom. The van der Waals surface area contributed by atoms with Crippen molar-refractivity contribution in [3.63, 3.8) is 0 Å². The molecule has 142 valence electrons. The van der Waals surface area contributed by atoms with Gasteiger partial charge >= 0.3 is 5.97 Å². The van der Waals surface area contributed by atoms with Gasteiger partial charge in [0.1, 0.15) is 5.82 Å². The number of rotatable bonds is 6. The van der Waals surface area contributed by atoms with Gasteiger partial charge in [-0.15, -0.1) is 0 Å². The van der Waals surface area contributed by atoms with Gasteiger partial charge in [-0.05, 0) is 67.9 Å². The molecule has 0 atom stereocenters. The van der Waals surface area contributed by atoms with E-state index in [0.717, 1.165) is 11.3 Å². The summed E-state index contributed by atoms with van der Waals surface area (Å²) in [5.41, 5.74) is 3.54. The van der Waals surface area contributed by atoms with Crippen molar-refractivity contribution >= 4 is 29.1 Å². The summed E-state index contributed by atoms with van der Waals surface area (Å²) in [6.07, 6.45) is 1.51. The van der Waals surface area contributed by atoms with Crippen molar-refractivity contribution in [3.8, 4) is 0 Å². The Bertz CT molecular complexity index is 967. The van der Waals surface area contributed by atoms with E-state index in [1.807, 2.05) is 31.2 Å². The highest BCUT2D eigenvalue weighted by atomic mass is 16.5. The van der Waals surface area contributed by atoms with Gasteiger partial charge in [0.25, 0.3) is 5.91 Å². The number of hydrogen-bond donors (Lipinski definition) is 2. The van der Waals surface area contributed by atoms with E-state index < -0.39 is 0 Å². The second kappa shape index (κ2) is 8.81. The number of ether oxygens (including phenoxy) is 1. The molecule has 2 N–H and O–H groups in total. The fraction of sp³-hybridized carbons (Fsp3) is 0.136. The van der Waals surface area contributed by atoms with Gasteiger partial charge in [0.15, 0.2) is 0 Å². The average Bonchev–Trinajstić information content (AvgIpc) is 2.69. The van der Waals surface area contributed by atoms with Crippen molar-refractivity contribution < 1.29 is 14.3 Å². The number of anilines is 3. The van der Waals surface area contributed by atoms with E-state index in [4.69, 9.17) is 4.74 Å². The third kappa shape index (κ3) is 4.94. The number of pyridine rings is 1. The first-order valence-corrected chi connectivity index (χ1v) is 8.93. The molecule has 6 heteroatoms. The minimum atomic E-state index is -0.388. The van der Waals surface area contributed by atoms with Crippen LogP contribution in [0.3, 0.4) is 0 Å². The molecule has 0 aliphatic heterocycles. The summed E-state index contributed by atoms with van der Waals surface area (Å²) in [4.78, 5) is 28.3. The molecule has 1 aromatic heterocycles. The molecule has 1 heterocycles. The summed E-state index contributed by atoms with van der Waals surface area (Å²) in [5, 5.41) is 5.98. The number of carbonyl (C=O) groups is 2. The van der Waals surface area contributed by atoms with Gasteiger partial charge < -0.3 is 15.4 Å². The SMILES string of the molecule is CCOC(=O)c1ccc(NC(=O)c2ccc(Nc3cccc(C)c3)nc2)cc1. The summed E-state index contributed by atoms with van der Waals surface area (Å²) in [6.45, 7) is 4.09. The molecule has 1 amide bonds. The fourth-order valence-corrected chi connectivity index (χ4v) is 2.58. The maximum atomic E-state index is 12.4. The van der Waals surface area contributed by atoms with Crippen molar-refractivity contribution in [3.05, 3.63) is 83.6 Å². The molecule has 0 aliphatic rings. The quantitative estimate of drug-likeness (QED) is 0.617. The second-order valence-electron chi connectivity index (χ2n) is 6.18. The zero-order valence-corrected chi connectivity index (χ0v) is 15.7. The molecule has 0 unspecified atom stereocenters. The molecule has 0 bridgehead atoms. The Labute approximate surface area is 163 Å². The molecule has 6 nitrogen and oxygen atoms in total. The Morgan fingerprint density at radius 3 is 2.36 bits per heavy atom. The van der Waals surface area contributed by atoms with Crippen molar-refractivity contribution in [2.45, 2.75) is 13.8 Å². The van der Waals surface area contributed by atoms with E-state index in [1.165, 1.54) is 6.20 Å². The molecule has 0 fully saturated rings. The number of nitrogens with one attached hydrogen (secondary N) is 2. The number of aryl methyl sites for hydroxylation is 1. The molecule has 0 aliphatic carbocycles. The van der Waals surface area contributed by atoms with Gasteiger partial charge in [0, 0.05) is 17.6 Å². The van der Waals surface area contributed by atoms with Gasteiger partial charge in [-0.3, -0.25) is 4.79 Å². The molecule has 3 aromatic rings. The fourth-order valence-electron chi connectivity index (χ4n) is 2.58. The van der Waals surface area contributed by atoms with Crippen molar-refractivity contribution in [2.75, 3.05) is 17.2 Å². The Kier molecular flexibility index (Phi) is 6.01. The molecule has 0 saturated carbocycles. The number of hydrogen-bond acceptors (Lipinski definition) is 5. The van der Waals surface area contributed by atoms with Crippen LogP contribution in [0.4, 0.5) is 17.2 Å². The first kappa shape index (κ1) is 19.1. The highest BCUT2D eigenvalue weighted by molar-refractivity contribution is 6.04. The topological polar surface area (TPSA) is 80.3 Å². The first-order chi connectivity index (χ1) is 13.5. The number of carbonyl (C=O) groups excluding carboxylic acids is 2. The van der Waals surface area contributed by atoms with E-state index in [9.17, 15) is 9.59 Å². The molecule has 2 aromatic carbocycles.